The van der Waals surface area contributed by atoms with E-state index in [9.17, 15) is 4.79 Å². The van der Waals surface area contributed by atoms with Crippen molar-refractivity contribution in [1.29, 1.82) is 0 Å². The Morgan fingerprint density at radius 1 is 1.03 bits per heavy atom. The van der Waals surface area contributed by atoms with E-state index in [-0.39, 0.29) is 5.91 Å². The minimum absolute atomic E-state index is 0.159. The quantitative estimate of drug-likeness (QED) is 0.391. The molecule has 9 heteroatoms. The molecule has 0 atom stereocenters. The van der Waals surface area contributed by atoms with Crippen molar-refractivity contribution in [2.24, 2.45) is 5.73 Å². The van der Waals surface area contributed by atoms with Crippen LogP contribution in [-0.4, -0.2) is 63.6 Å². The van der Waals surface area contributed by atoms with Gasteiger partial charge in [-0.1, -0.05) is 6.07 Å². The van der Waals surface area contributed by atoms with Crippen LogP contribution in [0.2, 0.25) is 0 Å². The van der Waals surface area contributed by atoms with Crippen molar-refractivity contribution in [2.75, 3.05) is 63.4 Å². The molecule has 0 aliphatic rings. The van der Waals surface area contributed by atoms with Crippen molar-refractivity contribution in [3.63, 3.8) is 0 Å². The van der Waals surface area contributed by atoms with Crippen LogP contribution in [0.5, 0.6) is 0 Å². The molecule has 0 spiro atoms. The normalized spacial score (nSPS) is 10.9. The fourth-order valence-electron chi connectivity index (χ4n) is 2.56. The van der Waals surface area contributed by atoms with Crippen LogP contribution in [0.1, 0.15) is 26.5 Å². The average molecular weight is 437 g/mol. The summed E-state index contributed by atoms with van der Waals surface area (Å²) in [6, 6.07) is 5.73. The van der Waals surface area contributed by atoms with E-state index in [0.717, 1.165) is 21.8 Å². The first-order valence-electron chi connectivity index (χ1n) is 10.0. The van der Waals surface area contributed by atoms with Crippen LogP contribution in [0.25, 0.3) is 0 Å². The Hall–Kier alpha value is -2.04. The van der Waals surface area contributed by atoms with Crippen LogP contribution in [-0.2, 0) is 14.2 Å². The molecular weight excluding hydrogens is 404 g/mol. The first-order valence-corrected chi connectivity index (χ1v) is 10.9. The minimum atomic E-state index is -0.159. The number of aromatic nitrogens is 1. The highest BCUT2D eigenvalue weighted by atomic mass is 32.1. The SMILES string of the molecule is Cc1ccc(NCCOCCOCCOCCN)cc1C(=O)Nc1nc(C)c(C)s1. The number of nitrogens with one attached hydrogen (secondary N) is 2. The van der Waals surface area contributed by atoms with Crippen LogP contribution in [0.4, 0.5) is 10.8 Å². The summed E-state index contributed by atoms with van der Waals surface area (Å²) in [6.45, 7) is 10.2. The molecule has 1 aromatic heterocycles. The van der Waals surface area contributed by atoms with Crippen molar-refractivity contribution in [3.05, 3.63) is 39.9 Å². The molecular formula is C21H32N4O4S. The molecule has 30 heavy (non-hydrogen) atoms. The second-order valence-electron chi connectivity index (χ2n) is 6.70. The van der Waals surface area contributed by atoms with E-state index in [0.29, 0.717) is 63.4 Å². The Morgan fingerprint density at radius 3 is 2.33 bits per heavy atom. The van der Waals surface area contributed by atoms with Gasteiger partial charge in [-0.05, 0) is 38.5 Å². The van der Waals surface area contributed by atoms with E-state index in [4.69, 9.17) is 19.9 Å². The number of nitrogens with two attached hydrogens (primary N) is 1. The minimum Gasteiger partial charge on any atom is -0.383 e. The van der Waals surface area contributed by atoms with E-state index in [1.807, 2.05) is 39.0 Å². The Bertz CT molecular complexity index is 778. The Morgan fingerprint density at radius 2 is 1.70 bits per heavy atom. The highest BCUT2D eigenvalue weighted by molar-refractivity contribution is 7.15. The van der Waals surface area contributed by atoms with E-state index in [1.54, 1.807) is 0 Å². The van der Waals surface area contributed by atoms with E-state index >= 15 is 0 Å². The van der Waals surface area contributed by atoms with E-state index in [1.165, 1.54) is 11.3 Å². The van der Waals surface area contributed by atoms with E-state index in [2.05, 4.69) is 15.6 Å². The van der Waals surface area contributed by atoms with Gasteiger partial charge in [-0.3, -0.25) is 10.1 Å². The van der Waals surface area contributed by atoms with Gasteiger partial charge in [0.25, 0.3) is 5.91 Å². The lowest BCUT2D eigenvalue weighted by molar-refractivity contribution is 0.0179. The number of carbonyl (C=O) groups excluding carboxylic acids is 1. The summed E-state index contributed by atoms with van der Waals surface area (Å²) >= 11 is 1.48. The number of ether oxygens (including phenoxy) is 3. The number of thiazole rings is 1. The van der Waals surface area contributed by atoms with Gasteiger partial charge >= 0.3 is 0 Å². The summed E-state index contributed by atoms with van der Waals surface area (Å²) < 4.78 is 16.2. The number of rotatable bonds is 14. The van der Waals surface area contributed by atoms with Crippen LogP contribution < -0.4 is 16.4 Å². The Labute approximate surface area is 182 Å². The van der Waals surface area contributed by atoms with Gasteiger partial charge < -0.3 is 25.3 Å². The summed E-state index contributed by atoms with van der Waals surface area (Å²) in [4.78, 5) is 18.1. The zero-order chi connectivity index (χ0) is 21.8. The predicted molar refractivity (Wildman–Crippen MR) is 121 cm³/mol. The molecule has 1 amide bonds. The Kier molecular flexibility index (Phi) is 10.7. The number of anilines is 2. The standard InChI is InChI=1S/C21H32N4O4S/c1-15-4-5-18(23-7-9-28-11-13-29-12-10-27-8-6-22)14-19(15)20(26)25-21-24-16(2)17(3)30-21/h4-5,14,23H,6-13,22H2,1-3H3,(H,24,25,26). The fourth-order valence-corrected chi connectivity index (χ4v) is 3.37. The van der Waals surface area contributed by atoms with Gasteiger partial charge in [-0.15, -0.1) is 11.3 Å². The van der Waals surface area contributed by atoms with Crippen molar-refractivity contribution in [3.8, 4) is 0 Å². The molecule has 166 valence electrons. The maximum Gasteiger partial charge on any atom is 0.257 e. The molecule has 0 bridgehead atoms. The molecule has 0 saturated carbocycles. The van der Waals surface area contributed by atoms with Gasteiger partial charge in [0, 0.05) is 29.2 Å². The first kappa shape index (κ1) is 24.2. The lowest BCUT2D eigenvalue weighted by atomic mass is 10.1. The van der Waals surface area contributed by atoms with Crippen LogP contribution in [0.3, 0.4) is 0 Å². The molecule has 2 rings (SSSR count). The third kappa shape index (κ3) is 8.37. The first-order chi connectivity index (χ1) is 14.5. The van der Waals surface area contributed by atoms with Crippen LogP contribution in [0.15, 0.2) is 18.2 Å². The van der Waals surface area contributed by atoms with Gasteiger partial charge in [0.05, 0.1) is 45.3 Å². The van der Waals surface area contributed by atoms with Gasteiger partial charge in [-0.25, -0.2) is 4.98 Å². The van der Waals surface area contributed by atoms with Gasteiger partial charge in [0.2, 0.25) is 0 Å². The number of nitrogens with zero attached hydrogens (tertiary/aromatic N) is 1. The summed E-state index contributed by atoms with van der Waals surface area (Å²) in [5.74, 6) is -0.159. The summed E-state index contributed by atoms with van der Waals surface area (Å²) in [7, 11) is 0. The summed E-state index contributed by atoms with van der Waals surface area (Å²) in [5, 5.41) is 6.79. The lowest BCUT2D eigenvalue weighted by Gasteiger charge is -2.11. The maximum atomic E-state index is 12.6. The number of hydrogen-bond donors (Lipinski definition) is 3. The molecule has 0 aliphatic heterocycles. The number of carbonyl (C=O) groups is 1. The molecule has 4 N–H and O–H groups in total. The highest BCUT2D eigenvalue weighted by Gasteiger charge is 2.13. The fraction of sp³-hybridized carbons (Fsp3) is 0.524. The van der Waals surface area contributed by atoms with Gasteiger partial charge in [0.15, 0.2) is 5.13 Å². The smallest absolute Gasteiger partial charge is 0.257 e. The number of hydrogen-bond acceptors (Lipinski definition) is 8. The molecule has 0 saturated heterocycles. The zero-order valence-electron chi connectivity index (χ0n) is 18.0. The molecule has 8 nitrogen and oxygen atoms in total. The topological polar surface area (TPSA) is 108 Å². The summed E-state index contributed by atoms with van der Waals surface area (Å²) in [5.41, 5.74) is 8.67. The highest BCUT2D eigenvalue weighted by Crippen LogP contribution is 2.23. The second-order valence-corrected chi connectivity index (χ2v) is 7.90. The molecule has 0 unspecified atom stereocenters. The Balaban J connectivity index is 1.69. The van der Waals surface area contributed by atoms with Crippen LogP contribution >= 0.6 is 11.3 Å². The molecule has 0 fully saturated rings. The lowest BCUT2D eigenvalue weighted by Crippen LogP contribution is -2.16. The number of amides is 1. The second kappa shape index (κ2) is 13.3. The van der Waals surface area contributed by atoms with Gasteiger partial charge in [-0.2, -0.15) is 0 Å². The van der Waals surface area contributed by atoms with Crippen LogP contribution in [0, 0.1) is 20.8 Å². The third-order valence-electron chi connectivity index (χ3n) is 4.31. The van der Waals surface area contributed by atoms with Gasteiger partial charge in [0.1, 0.15) is 0 Å². The number of benzene rings is 1. The third-order valence-corrected chi connectivity index (χ3v) is 5.30. The summed E-state index contributed by atoms with van der Waals surface area (Å²) in [6.07, 6.45) is 0. The van der Waals surface area contributed by atoms with Crippen molar-refractivity contribution in [2.45, 2.75) is 20.8 Å². The monoisotopic (exact) mass is 436 g/mol. The average Bonchev–Trinajstić information content (AvgIpc) is 3.04. The molecule has 0 aliphatic carbocycles. The predicted octanol–water partition coefficient (Wildman–Crippen LogP) is 2.74. The van der Waals surface area contributed by atoms with Crippen molar-refractivity contribution >= 4 is 28.1 Å². The zero-order valence-corrected chi connectivity index (χ0v) is 18.8. The maximum absolute atomic E-state index is 12.6. The molecule has 1 aromatic carbocycles. The largest absolute Gasteiger partial charge is 0.383 e. The van der Waals surface area contributed by atoms with E-state index < -0.39 is 0 Å². The molecule has 2 aromatic rings. The molecule has 1 heterocycles. The number of aryl methyl sites for hydroxylation is 3. The van der Waals surface area contributed by atoms with Crippen molar-refractivity contribution < 1.29 is 19.0 Å². The van der Waals surface area contributed by atoms with Crippen molar-refractivity contribution in [1.82, 2.24) is 4.98 Å². The molecule has 0 radical (unpaired) electrons.